The predicted octanol–water partition coefficient (Wildman–Crippen LogP) is 2.70. The van der Waals surface area contributed by atoms with E-state index in [0.717, 1.165) is 17.8 Å². The number of hydrogen-bond donors (Lipinski definition) is 1. The third-order valence-electron chi connectivity index (χ3n) is 4.75. The number of benzene rings is 1. The average Bonchev–Trinajstić information content (AvgIpc) is 3.37. The Kier molecular flexibility index (Phi) is 4.35. The number of urea groups is 1. The maximum atomic E-state index is 14.2. The van der Waals surface area contributed by atoms with Crippen molar-refractivity contribution in [2.24, 2.45) is 0 Å². The van der Waals surface area contributed by atoms with Crippen molar-refractivity contribution in [3.63, 3.8) is 0 Å². The summed E-state index contributed by atoms with van der Waals surface area (Å²) >= 11 is 0. The molecule has 9 heteroatoms. The molecule has 4 rings (SSSR count). The van der Waals surface area contributed by atoms with Gasteiger partial charge in [0.25, 0.3) is 0 Å². The Morgan fingerprint density at radius 1 is 1.22 bits per heavy atom. The summed E-state index contributed by atoms with van der Waals surface area (Å²) in [5, 5.41) is 14.7. The van der Waals surface area contributed by atoms with Gasteiger partial charge in [0.05, 0.1) is 23.1 Å². The lowest BCUT2D eigenvalue weighted by Gasteiger charge is -2.18. The number of hydrogen-bond acceptors (Lipinski definition) is 4. The van der Waals surface area contributed by atoms with Crippen LogP contribution in [0, 0.1) is 19.7 Å². The van der Waals surface area contributed by atoms with Gasteiger partial charge in [0.15, 0.2) is 0 Å². The normalized spacial score (nSPS) is 16.7. The second-order valence-corrected chi connectivity index (χ2v) is 6.72. The largest absolute Gasteiger partial charge is 0.322 e. The Labute approximate surface area is 155 Å². The molecule has 0 bridgehead atoms. The monoisotopic (exact) mass is 369 g/mol. The number of halogens is 1. The molecule has 1 aromatic carbocycles. The van der Waals surface area contributed by atoms with Gasteiger partial charge in [-0.05, 0) is 44.5 Å². The van der Waals surface area contributed by atoms with Gasteiger partial charge >= 0.3 is 6.03 Å². The fraction of sp³-hybridized carbons (Fsp3) is 0.333. The molecular formula is C18H20FN7O. The zero-order chi connectivity index (χ0) is 19.0. The standard InChI is InChI=1S/C18H20FN7O/c1-12-7-13(2)26(23-12)15-5-6-24(9-15)18(27)22-17-8-14(3-4-16(17)19)25-10-20-21-11-25/h3-4,7-8,10-11,15H,5-6,9H2,1-2H3,(H,22,27)/t15-/m0/s1. The van der Waals surface area contributed by atoms with E-state index in [1.165, 1.54) is 18.7 Å². The number of likely N-dealkylation sites (tertiary alicyclic amines) is 1. The molecule has 0 spiro atoms. The van der Waals surface area contributed by atoms with E-state index in [2.05, 4.69) is 20.6 Å². The third-order valence-corrected chi connectivity index (χ3v) is 4.75. The maximum Gasteiger partial charge on any atom is 0.322 e. The third kappa shape index (κ3) is 3.40. The second-order valence-electron chi connectivity index (χ2n) is 6.72. The molecule has 27 heavy (non-hydrogen) atoms. The van der Waals surface area contributed by atoms with E-state index >= 15 is 0 Å². The first kappa shape index (κ1) is 17.2. The highest BCUT2D eigenvalue weighted by Gasteiger charge is 2.29. The summed E-state index contributed by atoms with van der Waals surface area (Å²) in [4.78, 5) is 14.3. The summed E-state index contributed by atoms with van der Waals surface area (Å²) in [6.45, 7) is 5.10. The number of anilines is 1. The van der Waals surface area contributed by atoms with Gasteiger partial charge in [-0.15, -0.1) is 10.2 Å². The van der Waals surface area contributed by atoms with Gasteiger partial charge in [-0.3, -0.25) is 9.25 Å². The van der Waals surface area contributed by atoms with Crippen molar-refractivity contribution >= 4 is 11.7 Å². The Bertz CT molecular complexity index is 966. The Morgan fingerprint density at radius 3 is 2.70 bits per heavy atom. The summed E-state index contributed by atoms with van der Waals surface area (Å²) in [5.41, 5.74) is 2.83. The molecule has 1 saturated heterocycles. The molecule has 1 N–H and O–H groups in total. The van der Waals surface area contributed by atoms with Gasteiger partial charge in [0.2, 0.25) is 0 Å². The van der Waals surface area contributed by atoms with E-state index in [1.807, 2.05) is 24.6 Å². The van der Waals surface area contributed by atoms with Crippen LogP contribution in [-0.4, -0.2) is 48.6 Å². The Morgan fingerprint density at radius 2 is 2.00 bits per heavy atom. The highest BCUT2D eigenvalue weighted by atomic mass is 19.1. The lowest BCUT2D eigenvalue weighted by Crippen LogP contribution is -2.33. The van der Waals surface area contributed by atoms with Crippen molar-refractivity contribution in [2.75, 3.05) is 18.4 Å². The molecule has 1 atom stereocenters. The van der Waals surface area contributed by atoms with E-state index in [9.17, 15) is 9.18 Å². The van der Waals surface area contributed by atoms with E-state index in [0.29, 0.717) is 18.8 Å². The molecule has 3 aromatic rings. The number of carbonyl (C=O) groups is 1. The molecule has 3 heterocycles. The Hall–Kier alpha value is -3.23. The van der Waals surface area contributed by atoms with Gasteiger partial charge in [-0.2, -0.15) is 5.10 Å². The SMILES string of the molecule is Cc1cc(C)n([C@H]2CCN(C(=O)Nc3cc(-n4cnnc4)ccc3F)C2)n1. The fourth-order valence-corrected chi connectivity index (χ4v) is 3.44. The van der Waals surface area contributed by atoms with Crippen molar-refractivity contribution in [2.45, 2.75) is 26.3 Å². The molecule has 2 aromatic heterocycles. The van der Waals surface area contributed by atoms with Crippen LogP contribution in [0.3, 0.4) is 0 Å². The quantitative estimate of drug-likeness (QED) is 0.770. The first-order chi connectivity index (χ1) is 13.0. The summed E-state index contributed by atoms with van der Waals surface area (Å²) in [5.74, 6) is -0.491. The van der Waals surface area contributed by atoms with Crippen molar-refractivity contribution in [3.8, 4) is 5.69 Å². The first-order valence-corrected chi connectivity index (χ1v) is 8.74. The second kappa shape index (κ2) is 6.82. The molecule has 0 aliphatic carbocycles. The molecule has 1 aliphatic rings. The number of nitrogens with one attached hydrogen (secondary N) is 1. The number of amides is 2. The zero-order valence-electron chi connectivity index (χ0n) is 15.1. The van der Waals surface area contributed by atoms with Crippen LogP contribution in [0.5, 0.6) is 0 Å². The minimum Gasteiger partial charge on any atom is -0.322 e. The first-order valence-electron chi connectivity index (χ1n) is 8.74. The molecule has 1 fully saturated rings. The lowest BCUT2D eigenvalue weighted by molar-refractivity contribution is 0.220. The van der Waals surface area contributed by atoms with Gasteiger partial charge in [0, 0.05) is 18.8 Å². The van der Waals surface area contributed by atoms with E-state index in [1.54, 1.807) is 21.6 Å². The summed E-state index contributed by atoms with van der Waals surface area (Å²) in [7, 11) is 0. The number of aromatic nitrogens is 5. The minimum atomic E-state index is -0.491. The van der Waals surface area contributed by atoms with E-state index < -0.39 is 5.82 Å². The maximum absolute atomic E-state index is 14.2. The van der Waals surface area contributed by atoms with Crippen LogP contribution in [0.1, 0.15) is 23.9 Å². The smallest absolute Gasteiger partial charge is 0.322 e. The van der Waals surface area contributed by atoms with Gasteiger partial charge < -0.3 is 10.2 Å². The molecular weight excluding hydrogens is 349 g/mol. The number of rotatable bonds is 3. The minimum absolute atomic E-state index is 0.126. The van der Waals surface area contributed by atoms with Crippen LogP contribution in [0.4, 0.5) is 14.9 Å². The van der Waals surface area contributed by atoms with Crippen LogP contribution in [0.15, 0.2) is 36.9 Å². The summed E-state index contributed by atoms with van der Waals surface area (Å²) in [6.07, 6.45) is 3.84. The molecule has 2 amide bonds. The number of aryl methyl sites for hydroxylation is 2. The highest BCUT2D eigenvalue weighted by Crippen LogP contribution is 2.25. The zero-order valence-corrected chi connectivity index (χ0v) is 15.1. The predicted molar refractivity (Wildman–Crippen MR) is 97.3 cm³/mol. The van der Waals surface area contributed by atoms with Crippen LogP contribution < -0.4 is 5.32 Å². The number of nitrogens with zero attached hydrogens (tertiary/aromatic N) is 6. The van der Waals surface area contributed by atoms with Gasteiger partial charge in [-0.25, -0.2) is 9.18 Å². The highest BCUT2D eigenvalue weighted by molar-refractivity contribution is 5.90. The van der Waals surface area contributed by atoms with Crippen molar-refractivity contribution < 1.29 is 9.18 Å². The fourth-order valence-electron chi connectivity index (χ4n) is 3.44. The summed E-state index contributed by atoms with van der Waals surface area (Å²) in [6, 6.07) is 6.31. The molecule has 8 nitrogen and oxygen atoms in total. The van der Waals surface area contributed by atoms with Crippen LogP contribution >= 0.6 is 0 Å². The van der Waals surface area contributed by atoms with Crippen LogP contribution in [0.25, 0.3) is 5.69 Å². The van der Waals surface area contributed by atoms with Crippen molar-refractivity contribution in [1.82, 2.24) is 29.4 Å². The van der Waals surface area contributed by atoms with Gasteiger partial charge in [0.1, 0.15) is 18.5 Å². The van der Waals surface area contributed by atoms with Crippen LogP contribution in [0.2, 0.25) is 0 Å². The van der Waals surface area contributed by atoms with Crippen molar-refractivity contribution in [3.05, 3.63) is 54.1 Å². The molecule has 0 saturated carbocycles. The van der Waals surface area contributed by atoms with E-state index in [-0.39, 0.29) is 17.8 Å². The molecule has 0 radical (unpaired) electrons. The molecule has 0 unspecified atom stereocenters. The van der Waals surface area contributed by atoms with E-state index in [4.69, 9.17) is 0 Å². The van der Waals surface area contributed by atoms with Crippen molar-refractivity contribution in [1.29, 1.82) is 0 Å². The number of carbonyl (C=O) groups excluding carboxylic acids is 1. The Balaban J connectivity index is 1.47. The van der Waals surface area contributed by atoms with Crippen LogP contribution in [-0.2, 0) is 0 Å². The molecule has 140 valence electrons. The topological polar surface area (TPSA) is 80.9 Å². The van der Waals surface area contributed by atoms with Gasteiger partial charge in [-0.1, -0.05) is 0 Å². The molecule has 1 aliphatic heterocycles. The lowest BCUT2D eigenvalue weighted by atomic mass is 10.2. The summed E-state index contributed by atoms with van der Waals surface area (Å²) < 4.78 is 17.8. The average molecular weight is 369 g/mol.